The number of rotatable bonds is 4. The Morgan fingerprint density at radius 1 is 1.45 bits per heavy atom. The van der Waals surface area contributed by atoms with Crippen LogP contribution in [0.15, 0.2) is 29.0 Å². The molecule has 0 saturated heterocycles. The molecular weight excluding hydrogens is 337 g/mol. The average molecular weight is 344 g/mol. The Kier molecular flexibility index (Phi) is 4.05. The molecule has 2 aromatic rings. The highest BCUT2D eigenvalue weighted by molar-refractivity contribution is 9.10. The molecule has 10 heteroatoms. The zero-order valence-electron chi connectivity index (χ0n) is 9.71. The third-order valence-corrected chi connectivity index (χ3v) is 2.83. The summed E-state index contributed by atoms with van der Waals surface area (Å²) in [4.78, 5) is 17.6. The number of nitro groups is 1. The predicted octanol–water partition coefficient (Wildman–Crippen LogP) is 2.36. The SMILES string of the molecule is NNc1ncnc(Oc2ccc(F)cc2Br)c1[N+](=O)[O-]. The molecule has 3 N–H and O–H groups in total. The third kappa shape index (κ3) is 2.81. The molecule has 1 aromatic carbocycles. The van der Waals surface area contributed by atoms with Gasteiger partial charge in [0.05, 0.1) is 9.40 Å². The summed E-state index contributed by atoms with van der Waals surface area (Å²) in [5.41, 5.74) is 1.56. The van der Waals surface area contributed by atoms with Crippen LogP contribution in [0.25, 0.3) is 0 Å². The average Bonchev–Trinajstić information content (AvgIpc) is 2.41. The van der Waals surface area contributed by atoms with Gasteiger partial charge >= 0.3 is 11.6 Å². The Morgan fingerprint density at radius 3 is 2.80 bits per heavy atom. The number of anilines is 1. The van der Waals surface area contributed by atoms with Crippen molar-refractivity contribution in [3.63, 3.8) is 0 Å². The molecule has 0 atom stereocenters. The monoisotopic (exact) mass is 343 g/mol. The standard InChI is InChI=1S/C10H7BrFN5O3/c11-6-3-5(12)1-2-7(6)20-10-8(17(18)19)9(16-13)14-4-15-10/h1-4H,13H2,(H,14,15,16). The highest BCUT2D eigenvalue weighted by Crippen LogP contribution is 2.36. The minimum Gasteiger partial charge on any atom is -0.432 e. The lowest BCUT2D eigenvalue weighted by Gasteiger charge is -2.08. The first-order valence-electron chi connectivity index (χ1n) is 5.12. The van der Waals surface area contributed by atoms with Crippen LogP contribution in [0.3, 0.4) is 0 Å². The van der Waals surface area contributed by atoms with Crippen LogP contribution < -0.4 is 16.0 Å². The summed E-state index contributed by atoms with van der Waals surface area (Å²) < 4.78 is 18.5. The lowest BCUT2D eigenvalue weighted by atomic mass is 10.3. The van der Waals surface area contributed by atoms with E-state index in [9.17, 15) is 14.5 Å². The summed E-state index contributed by atoms with van der Waals surface area (Å²) in [5, 5.41) is 11.0. The number of hydrazine groups is 1. The van der Waals surface area contributed by atoms with E-state index < -0.39 is 16.4 Å². The quantitative estimate of drug-likeness (QED) is 0.497. The van der Waals surface area contributed by atoms with Gasteiger partial charge in [-0.1, -0.05) is 0 Å². The molecule has 0 bridgehead atoms. The number of hydrogen-bond acceptors (Lipinski definition) is 7. The molecule has 2 rings (SSSR count). The van der Waals surface area contributed by atoms with Gasteiger partial charge in [0.2, 0.25) is 5.82 Å². The summed E-state index contributed by atoms with van der Waals surface area (Å²) in [6.07, 6.45) is 1.05. The fourth-order valence-electron chi connectivity index (χ4n) is 1.37. The van der Waals surface area contributed by atoms with E-state index in [4.69, 9.17) is 10.6 Å². The minimum absolute atomic E-state index is 0.163. The molecule has 1 heterocycles. The van der Waals surface area contributed by atoms with Gasteiger partial charge in [0.25, 0.3) is 0 Å². The van der Waals surface area contributed by atoms with E-state index in [1.54, 1.807) is 0 Å². The molecule has 104 valence electrons. The smallest absolute Gasteiger partial charge is 0.374 e. The summed E-state index contributed by atoms with van der Waals surface area (Å²) in [6, 6.07) is 3.61. The van der Waals surface area contributed by atoms with Crippen molar-refractivity contribution in [2.75, 3.05) is 5.43 Å². The van der Waals surface area contributed by atoms with E-state index in [0.717, 1.165) is 18.5 Å². The highest BCUT2D eigenvalue weighted by Gasteiger charge is 2.25. The molecular formula is C10H7BrFN5O3. The van der Waals surface area contributed by atoms with Crippen LogP contribution in [0, 0.1) is 15.9 Å². The van der Waals surface area contributed by atoms with Crippen LogP contribution >= 0.6 is 15.9 Å². The van der Waals surface area contributed by atoms with E-state index in [-0.39, 0.29) is 21.9 Å². The predicted molar refractivity (Wildman–Crippen MR) is 70.7 cm³/mol. The van der Waals surface area contributed by atoms with E-state index in [1.165, 1.54) is 6.07 Å². The molecule has 0 aliphatic rings. The summed E-state index contributed by atoms with van der Waals surface area (Å²) in [6.45, 7) is 0. The molecule has 0 unspecified atom stereocenters. The number of hydrogen-bond donors (Lipinski definition) is 2. The molecule has 0 radical (unpaired) electrons. The van der Waals surface area contributed by atoms with Crippen molar-refractivity contribution in [2.45, 2.75) is 0 Å². The second-order valence-corrected chi connectivity index (χ2v) is 4.31. The number of nitrogens with two attached hydrogens (primary N) is 1. The second kappa shape index (κ2) is 5.75. The van der Waals surface area contributed by atoms with Crippen molar-refractivity contribution in [1.29, 1.82) is 0 Å². The Hall–Kier alpha value is -2.33. The molecule has 0 amide bonds. The molecule has 0 spiro atoms. The van der Waals surface area contributed by atoms with Crippen molar-refractivity contribution in [1.82, 2.24) is 9.97 Å². The highest BCUT2D eigenvalue weighted by atomic mass is 79.9. The zero-order chi connectivity index (χ0) is 14.7. The van der Waals surface area contributed by atoms with Crippen LogP contribution in [0.5, 0.6) is 11.6 Å². The van der Waals surface area contributed by atoms with Gasteiger partial charge in [-0.25, -0.2) is 15.2 Å². The summed E-state index contributed by atoms with van der Waals surface area (Å²) in [5.74, 6) is 4.31. The number of nitrogen functional groups attached to an aromatic ring is 1. The maximum atomic E-state index is 13.0. The van der Waals surface area contributed by atoms with Gasteiger partial charge in [-0.3, -0.25) is 10.1 Å². The molecule has 0 aliphatic carbocycles. The molecule has 1 aromatic heterocycles. The minimum atomic E-state index is -0.734. The Bertz CT molecular complexity index is 669. The molecule has 0 saturated carbocycles. The van der Waals surface area contributed by atoms with Crippen LogP contribution in [0.2, 0.25) is 0 Å². The van der Waals surface area contributed by atoms with Gasteiger partial charge in [0, 0.05) is 0 Å². The Morgan fingerprint density at radius 2 is 2.20 bits per heavy atom. The number of nitrogens with one attached hydrogen (secondary N) is 1. The fourth-order valence-corrected chi connectivity index (χ4v) is 1.80. The molecule has 8 nitrogen and oxygen atoms in total. The topological polar surface area (TPSA) is 116 Å². The van der Waals surface area contributed by atoms with Crippen molar-refractivity contribution in [2.24, 2.45) is 5.84 Å². The second-order valence-electron chi connectivity index (χ2n) is 3.45. The number of aromatic nitrogens is 2. The Labute approximate surface area is 120 Å². The van der Waals surface area contributed by atoms with Crippen molar-refractivity contribution < 1.29 is 14.1 Å². The largest absolute Gasteiger partial charge is 0.432 e. The van der Waals surface area contributed by atoms with Crippen LogP contribution in [-0.4, -0.2) is 14.9 Å². The molecule has 0 fully saturated rings. The zero-order valence-corrected chi connectivity index (χ0v) is 11.3. The van der Waals surface area contributed by atoms with Crippen LogP contribution in [0.1, 0.15) is 0 Å². The van der Waals surface area contributed by atoms with Crippen LogP contribution in [-0.2, 0) is 0 Å². The first kappa shape index (κ1) is 14.1. The van der Waals surface area contributed by atoms with E-state index in [2.05, 4.69) is 31.3 Å². The lowest BCUT2D eigenvalue weighted by molar-refractivity contribution is -0.385. The van der Waals surface area contributed by atoms with Gasteiger partial charge in [-0.05, 0) is 34.1 Å². The first-order valence-corrected chi connectivity index (χ1v) is 5.91. The van der Waals surface area contributed by atoms with Gasteiger partial charge in [0.15, 0.2) is 0 Å². The number of benzene rings is 1. The normalized spacial score (nSPS) is 10.2. The number of nitrogens with zero attached hydrogens (tertiary/aromatic N) is 3. The van der Waals surface area contributed by atoms with Crippen molar-refractivity contribution >= 4 is 27.4 Å². The van der Waals surface area contributed by atoms with Gasteiger partial charge in [-0.2, -0.15) is 4.98 Å². The van der Waals surface area contributed by atoms with Crippen molar-refractivity contribution in [3.05, 3.63) is 44.9 Å². The fraction of sp³-hybridized carbons (Fsp3) is 0. The molecule has 0 aliphatic heterocycles. The first-order chi connectivity index (χ1) is 9.52. The van der Waals surface area contributed by atoms with E-state index >= 15 is 0 Å². The maximum absolute atomic E-state index is 13.0. The summed E-state index contributed by atoms with van der Waals surface area (Å²) in [7, 11) is 0. The van der Waals surface area contributed by atoms with Gasteiger partial charge < -0.3 is 10.2 Å². The summed E-state index contributed by atoms with van der Waals surface area (Å²) >= 11 is 3.08. The third-order valence-electron chi connectivity index (χ3n) is 2.21. The number of halogens is 2. The van der Waals surface area contributed by atoms with E-state index in [0.29, 0.717) is 0 Å². The maximum Gasteiger partial charge on any atom is 0.374 e. The van der Waals surface area contributed by atoms with E-state index in [1.807, 2.05) is 0 Å². The molecule has 20 heavy (non-hydrogen) atoms. The van der Waals surface area contributed by atoms with Crippen molar-refractivity contribution in [3.8, 4) is 11.6 Å². The lowest BCUT2D eigenvalue weighted by Crippen LogP contribution is -2.12. The van der Waals surface area contributed by atoms with Gasteiger partial charge in [-0.15, -0.1) is 0 Å². The van der Waals surface area contributed by atoms with Crippen LogP contribution in [0.4, 0.5) is 15.9 Å². The van der Waals surface area contributed by atoms with Gasteiger partial charge in [0.1, 0.15) is 17.9 Å². The Balaban J connectivity index is 2.45. The number of ether oxygens (including phenoxy) is 1.